The highest BCUT2D eigenvalue weighted by atomic mass is 16.7. The van der Waals surface area contributed by atoms with E-state index in [0.717, 1.165) is 26.1 Å². The Labute approximate surface area is 63.3 Å². The molecule has 3 heteroatoms. The van der Waals surface area contributed by atoms with Gasteiger partial charge in [0.25, 0.3) is 0 Å². The van der Waals surface area contributed by atoms with Crippen molar-refractivity contribution in [3.8, 4) is 0 Å². The highest BCUT2D eigenvalue weighted by molar-refractivity contribution is 6.08. The smallest absolute Gasteiger partial charge is 0.165 e. The first-order valence-electron chi connectivity index (χ1n) is 3.75. The molecular formula is C7H13BO2. The highest BCUT2D eigenvalue weighted by Crippen LogP contribution is 2.24. The van der Waals surface area contributed by atoms with Crippen LogP contribution in [0, 0.1) is 0 Å². The molecule has 1 aliphatic rings. The molecule has 0 saturated carbocycles. The van der Waals surface area contributed by atoms with E-state index >= 15 is 0 Å². The summed E-state index contributed by atoms with van der Waals surface area (Å²) in [6.45, 7) is 3.41. The molecule has 1 aliphatic heterocycles. The minimum Gasteiger partial charge on any atom is -0.348 e. The van der Waals surface area contributed by atoms with E-state index in [1.54, 1.807) is 0 Å². The molecule has 0 bridgehead atoms. The van der Waals surface area contributed by atoms with Crippen LogP contribution >= 0.6 is 0 Å². The molecule has 0 unspecified atom stereocenters. The summed E-state index contributed by atoms with van der Waals surface area (Å²) in [4.78, 5) is 0. The molecule has 1 fully saturated rings. The van der Waals surface area contributed by atoms with E-state index in [2.05, 4.69) is 0 Å². The van der Waals surface area contributed by atoms with Crippen molar-refractivity contribution >= 4 is 7.85 Å². The van der Waals surface area contributed by atoms with Crippen LogP contribution in [0.3, 0.4) is 0 Å². The van der Waals surface area contributed by atoms with Gasteiger partial charge in [0.15, 0.2) is 5.79 Å². The number of ether oxygens (including phenoxy) is 2. The zero-order chi connectivity index (χ0) is 7.45. The summed E-state index contributed by atoms with van der Waals surface area (Å²) in [7, 11) is 5.35. The first kappa shape index (κ1) is 8.09. The zero-order valence-electron chi connectivity index (χ0n) is 6.43. The van der Waals surface area contributed by atoms with Crippen molar-refractivity contribution in [3.05, 3.63) is 0 Å². The molecule has 0 aliphatic carbocycles. The second-order valence-corrected chi connectivity index (χ2v) is 2.72. The molecule has 0 spiro atoms. The predicted octanol–water partition coefficient (Wildman–Crippen LogP) is 1.12. The number of hydrogen-bond acceptors (Lipinski definition) is 2. The SMILES string of the molecule is [B]CCCC1(C)OCCO1. The Bertz CT molecular complexity index is 99.8. The fraction of sp³-hybridized carbons (Fsp3) is 1.00. The van der Waals surface area contributed by atoms with E-state index in [4.69, 9.17) is 17.3 Å². The Kier molecular flexibility index (Phi) is 2.75. The monoisotopic (exact) mass is 140 g/mol. The average molecular weight is 140 g/mol. The van der Waals surface area contributed by atoms with E-state index < -0.39 is 0 Å². The van der Waals surface area contributed by atoms with Crippen LogP contribution in [0.4, 0.5) is 0 Å². The van der Waals surface area contributed by atoms with E-state index in [1.807, 2.05) is 6.92 Å². The van der Waals surface area contributed by atoms with E-state index in [0.29, 0.717) is 6.32 Å². The lowest BCUT2D eigenvalue weighted by Crippen LogP contribution is -2.24. The van der Waals surface area contributed by atoms with E-state index in [-0.39, 0.29) is 5.79 Å². The number of hydrogen-bond donors (Lipinski definition) is 0. The van der Waals surface area contributed by atoms with Crippen molar-refractivity contribution in [2.75, 3.05) is 13.2 Å². The maximum absolute atomic E-state index is 5.36. The first-order chi connectivity index (χ1) is 4.77. The van der Waals surface area contributed by atoms with Gasteiger partial charge >= 0.3 is 0 Å². The van der Waals surface area contributed by atoms with Crippen molar-refractivity contribution in [1.29, 1.82) is 0 Å². The van der Waals surface area contributed by atoms with E-state index in [1.165, 1.54) is 0 Å². The second kappa shape index (κ2) is 3.40. The normalized spacial score (nSPS) is 23.3. The lowest BCUT2D eigenvalue weighted by atomic mass is 9.98. The summed E-state index contributed by atoms with van der Waals surface area (Å²) in [5, 5.41) is 0. The van der Waals surface area contributed by atoms with Gasteiger partial charge in [-0.25, -0.2) is 0 Å². The van der Waals surface area contributed by atoms with Gasteiger partial charge in [0.05, 0.1) is 21.1 Å². The summed E-state index contributed by atoms with van der Waals surface area (Å²) in [5.74, 6) is -0.334. The van der Waals surface area contributed by atoms with Crippen molar-refractivity contribution in [1.82, 2.24) is 0 Å². The minimum absolute atomic E-state index is 0.334. The molecule has 1 rings (SSSR count). The van der Waals surface area contributed by atoms with Crippen molar-refractivity contribution < 1.29 is 9.47 Å². The lowest BCUT2D eigenvalue weighted by molar-refractivity contribution is -0.146. The van der Waals surface area contributed by atoms with E-state index in [9.17, 15) is 0 Å². The minimum atomic E-state index is -0.334. The molecule has 0 amide bonds. The molecule has 0 aromatic carbocycles. The van der Waals surface area contributed by atoms with Crippen LogP contribution in [-0.2, 0) is 9.47 Å². The molecule has 0 atom stereocenters. The Morgan fingerprint density at radius 2 is 2.00 bits per heavy atom. The molecule has 2 radical (unpaired) electrons. The maximum atomic E-state index is 5.36. The second-order valence-electron chi connectivity index (χ2n) is 2.72. The standard InChI is InChI=1S/C7H13BO2/c1-7(3-2-4-8)9-5-6-10-7/h2-6H2,1H3. The fourth-order valence-electron chi connectivity index (χ4n) is 1.12. The maximum Gasteiger partial charge on any atom is 0.165 e. The molecule has 0 aromatic heterocycles. The molecule has 0 N–H and O–H groups in total. The van der Waals surface area contributed by atoms with Gasteiger partial charge < -0.3 is 9.47 Å². The average Bonchev–Trinajstić information content (AvgIpc) is 2.33. The van der Waals surface area contributed by atoms with Crippen LogP contribution in [0.1, 0.15) is 19.8 Å². The van der Waals surface area contributed by atoms with Crippen LogP contribution in [0.25, 0.3) is 0 Å². The molecule has 10 heavy (non-hydrogen) atoms. The van der Waals surface area contributed by atoms with Crippen molar-refractivity contribution in [2.45, 2.75) is 31.9 Å². The van der Waals surface area contributed by atoms with Crippen molar-refractivity contribution in [2.24, 2.45) is 0 Å². The predicted molar refractivity (Wildman–Crippen MR) is 40.1 cm³/mol. The third-order valence-electron chi connectivity index (χ3n) is 1.73. The summed E-state index contributed by atoms with van der Waals surface area (Å²) in [5.41, 5.74) is 0. The first-order valence-corrected chi connectivity index (χ1v) is 3.75. The third kappa shape index (κ3) is 1.99. The zero-order valence-corrected chi connectivity index (χ0v) is 6.43. The highest BCUT2D eigenvalue weighted by Gasteiger charge is 2.29. The van der Waals surface area contributed by atoms with Crippen LogP contribution in [-0.4, -0.2) is 26.8 Å². The van der Waals surface area contributed by atoms with Crippen LogP contribution < -0.4 is 0 Å². The van der Waals surface area contributed by atoms with Gasteiger partial charge in [-0.1, -0.05) is 12.7 Å². The van der Waals surface area contributed by atoms with Crippen LogP contribution in [0.5, 0.6) is 0 Å². The Hall–Kier alpha value is -0.0151. The molecule has 56 valence electrons. The summed E-state index contributed by atoms with van der Waals surface area (Å²) in [6.07, 6.45) is 2.59. The van der Waals surface area contributed by atoms with Crippen molar-refractivity contribution in [3.63, 3.8) is 0 Å². The van der Waals surface area contributed by atoms with Gasteiger partial charge in [-0.3, -0.25) is 0 Å². The van der Waals surface area contributed by atoms with Gasteiger partial charge in [-0.05, 0) is 6.92 Å². The molecule has 1 heterocycles. The van der Waals surface area contributed by atoms with Gasteiger partial charge in [0.2, 0.25) is 0 Å². The third-order valence-corrected chi connectivity index (χ3v) is 1.73. The van der Waals surface area contributed by atoms with Gasteiger partial charge in [0.1, 0.15) is 0 Å². The van der Waals surface area contributed by atoms with Gasteiger partial charge in [-0.15, -0.1) is 0 Å². The van der Waals surface area contributed by atoms with Crippen LogP contribution in [0.15, 0.2) is 0 Å². The Morgan fingerprint density at radius 1 is 1.40 bits per heavy atom. The van der Waals surface area contributed by atoms with Crippen LogP contribution in [0.2, 0.25) is 6.32 Å². The van der Waals surface area contributed by atoms with Gasteiger partial charge in [0, 0.05) is 6.42 Å². The molecular weight excluding hydrogens is 127 g/mol. The number of rotatable bonds is 3. The Morgan fingerprint density at radius 3 is 2.50 bits per heavy atom. The molecule has 1 saturated heterocycles. The van der Waals surface area contributed by atoms with Gasteiger partial charge in [-0.2, -0.15) is 0 Å². The quantitative estimate of drug-likeness (QED) is 0.546. The Balaban J connectivity index is 2.22. The largest absolute Gasteiger partial charge is 0.348 e. The topological polar surface area (TPSA) is 18.5 Å². The summed E-state index contributed by atoms with van der Waals surface area (Å²) in [6, 6.07) is 0. The summed E-state index contributed by atoms with van der Waals surface area (Å²) >= 11 is 0. The lowest BCUT2D eigenvalue weighted by Gasteiger charge is -2.21. The molecule has 0 aromatic rings. The fourth-order valence-corrected chi connectivity index (χ4v) is 1.12. The summed E-state index contributed by atoms with van der Waals surface area (Å²) < 4.78 is 10.7. The molecule has 2 nitrogen and oxygen atoms in total.